The van der Waals surface area contributed by atoms with Crippen molar-refractivity contribution in [1.82, 2.24) is 9.97 Å². The van der Waals surface area contributed by atoms with Crippen molar-refractivity contribution in [3.05, 3.63) is 40.0 Å². The number of phenolic OH excluding ortho intramolecular Hbond substituents is 1. The summed E-state index contributed by atoms with van der Waals surface area (Å²) in [5.74, 6) is 0.643. The van der Waals surface area contributed by atoms with E-state index in [0.717, 1.165) is 12.1 Å². The number of nitrogens with two attached hydrogens (primary N) is 1. The molecule has 0 saturated carbocycles. The molecule has 1 fully saturated rings. The number of halogens is 1. The molecule has 0 aliphatic carbocycles. The van der Waals surface area contributed by atoms with E-state index in [1.165, 1.54) is 6.07 Å². The number of ether oxygens (including phenoxy) is 1. The molecule has 1 aliphatic heterocycles. The van der Waals surface area contributed by atoms with Crippen molar-refractivity contribution in [1.29, 1.82) is 0 Å². The number of benzene rings is 1. The first-order chi connectivity index (χ1) is 12.9. The van der Waals surface area contributed by atoms with Crippen molar-refractivity contribution >= 4 is 29.2 Å². The summed E-state index contributed by atoms with van der Waals surface area (Å²) in [5, 5.41) is 10.8. The van der Waals surface area contributed by atoms with E-state index < -0.39 is 0 Å². The number of aryl methyl sites for hydroxylation is 1. The lowest BCUT2D eigenvalue weighted by Crippen LogP contribution is -2.32. The average Bonchev–Trinajstić information content (AvgIpc) is 2.87. The number of rotatable bonds is 4. The summed E-state index contributed by atoms with van der Waals surface area (Å²) in [7, 11) is 0. The van der Waals surface area contributed by atoms with Crippen LogP contribution in [0.3, 0.4) is 0 Å². The Hall–Kier alpha value is -2.38. The lowest BCUT2D eigenvalue weighted by Gasteiger charge is -2.31. The number of nitrogen functional groups attached to an aromatic ring is 1. The Kier molecular flexibility index (Phi) is 5.82. The van der Waals surface area contributed by atoms with E-state index in [1.54, 1.807) is 13.0 Å². The van der Waals surface area contributed by atoms with Gasteiger partial charge in [0, 0.05) is 36.4 Å². The van der Waals surface area contributed by atoms with Gasteiger partial charge in [0.25, 0.3) is 0 Å². The molecule has 7 nitrogen and oxygen atoms in total. The molecule has 27 heavy (non-hydrogen) atoms. The summed E-state index contributed by atoms with van der Waals surface area (Å²) in [6, 6.07) is 4.66. The third-order valence-corrected chi connectivity index (χ3v) is 4.91. The van der Waals surface area contributed by atoms with E-state index in [4.69, 9.17) is 22.1 Å². The van der Waals surface area contributed by atoms with Crippen molar-refractivity contribution in [3.8, 4) is 5.75 Å². The van der Waals surface area contributed by atoms with Crippen LogP contribution in [0.25, 0.3) is 0 Å². The van der Waals surface area contributed by atoms with Gasteiger partial charge in [0.15, 0.2) is 5.78 Å². The summed E-state index contributed by atoms with van der Waals surface area (Å²) in [4.78, 5) is 22.6. The number of phenols is 1. The van der Waals surface area contributed by atoms with E-state index in [-0.39, 0.29) is 29.1 Å². The Labute approximate surface area is 163 Å². The first kappa shape index (κ1) is 19.4. The molecule has 1 atom stereocenters. The lowest BCUT2D eigenvalue weighted by atomic mass is 10.00. The van der Waals surface area contributed by atoms with Crippen molar-refractivity contribution in [3.63, 3.8) is 0 Å². The molecule has 1 aromatic carbocycles. The first-order valence-electron chi connectivity index (χ1n) is 8.91. The van der Waals surface area contributed by atoms with E-state index in [2.05, 4.69) is 14.9 Å². The molecule has 1 saturated heterocycles. The van der Waals surface area contributed by atoms with Crippen molar-refractivity contribution < 1.29 is 14.6 Å². The van der Waals surface area contributed by atoms with Crippen LogP contribution in [0.4, 0.5) is 11.8 Å². The van der Waals surface area contributed by atoms with Gasteiger partial charge in [0.2, 0.25) is 5.95 Å². The van der Waals surface area contributed by atoms with Gasteiger partial charge in [-0.25, -0.2) is 4.98 Å². The summed E-state index contributed by atoms with van der Waals surface area (Å²) >= 11 is 6.50. The molecular weight excluding hydrogens is 368 g/mol. The molecule has 3 rings (SSSR count). The second-order valence-electron chi connectivity index (χ2n) is 6.53. The number of carbonyl (C=O) groups excluding carboxylic acids is 1. The van der Waals surface area contributed by atoms with Gasteiger partial charge in [-0.3, -0.25) is 4.79 Å². The van der Waals surface area contributed by atoms with Gasteiger partial charge < -0.3 is 20.5 Å². The van der Waals surface area contributed by atoms with Crippen LogP contribution in [-0.2, 0) is 4.74 Å². The standard InChI is InChI=1S/C19H23ClN4O3/c1-3-16(25)13-8-14(20)12(9-17(13)26)15-10-27-6-4-5-24(15)18-7-11(2)22-19(21)23-18/h7-9,15,26H,3-6,10H2,1-2H3,(H2,21,22,23)/t15-/m0/s1. The second-order valence-corrected chi connectivity index (χ2v) is 6.94. The molecule has 0 unspecified atom stereocenters. The Bertz CT molecular complexity index is 839. The minimum absolute atomic E-state index is 0.0798. The number of Topliss-reactive ketones (excluding diaryl/α,β-unsaturated/α-hetero) is 1. The van der Waals surface area contributed by atoms with Gasteiger partial charge >= 0.3 is 0 Å². The van der Waals surface area contributed by atoms with Crippen LogP contribution >= 0.6 is 11.6 Å². The molecule has 0 spiro atoms. The average molecular weight is 391 g/mol. The number of ketones is 1. The fraction of sp³-hybridized carbons (Fsp3) is 0.421. The zero-order valence-corrected chi connectivity index (χ0v) is 16.2. The summed E-state index contributed by atoms with van der Waals surface area (Å²) in [5.41, 5.74) is 7.50. The molecule has 8 heteroatoms. The maximum atomic E-state index is 12.0. The second kappa shape index (κ2) is 8.10. The normalized spacial score (nSPS) is 17.6. The maximum Gasteiger partial charge on any atom is 0.222 e. The highest BCUT2D eigenvalue weighted by atomic mass is 35.5. The molecule has 3 N–H and O–H groups in total. The number of nitrogens with zero attached hydrogens (tertiary/aromatic N) is 3. The van der Waals surface area contributed by atoms with Crippen molar-refractivity contribution in [2.45, 2.75) is 32.7 Å². The van der Waals surface area contributed by atoms with Crippen LogP contribution in [0.1, 0.15) is 47.4 Å². The summed E-state index contributed by atoms with van der Waals surface area (Å²) in [6.45, 7) is 5.28. The minimum Gasteiger partial charge on any atom is -0.507 e. The topological polar surface area (TPSA) is 102 Å². The SMILES string of the molecule is CCC(=O)c1cc(Cl)c([C@@H]2COCCCN2c2cc(C)nc(N)n2)cc1O. The Balaban J connectivity index is 2.06. The van der Waals surface area contributed by atoms with E-state index >= 15 is 0 Å². The minimum atomic E-state index is -0.273. The van der Waals surface area contributed by atoms with Gasteiger partial charge in [0.1, 0.15) is 11.6 Å². The third-order valence-electron chi connectivity index (χ3n) is 4.59. The number of anilines is 2. The smallest absolute Gasteiger partial charge is 0.222 e. The highest BCUT2D eigenvalue weighted by molar-refractivity contribution is 6.32. The third kappa shape index (κ3) is 4.14. The van der Waals surface area contributed by atoms with Crippen LogP contribution in [0.15, 0.2) is 18.2 Å². The Morgan fingerprint density at radius 2 is 2.19 bits per heavy atom. The van der Waals surface area contributed by atoms with E-state index in [9.17, 15) is 9.90 Å². The Morgan fingerprint density at radius 1 is 1.41 bits per heavy atom. The molecule has 144 valence electrons. The molecule has 1 aromatic heterocycles. The molecular formula is C19H23ClN4O3. The fourth-order valence-electron chi connectivity index (χ4n) is 3.28. The zero-order chi connectivity index (χ0) is 19.6. The number of aromatic nitrogens is 2. The zero-order valence-electron chi connectivity index (χ0n) is 15.4. The Morgan fingerprint density at radius 3 is 2.89 bits per heavy atom. The van der Waals surface area contributed by atoms with Crippen molar-refractivity contribution in [2.24, 2.45) is 0 Å². The van der Waals surface area contributed by atoms with Gasteiger partial charge in [0.05, 0.1) is 18.2 Å². The number of hydrogen-bond donors (Lipinski definition) is 2. The van der Waals surface area contributed by atoms with E-state index in [0.29, 0.717) is 42.6 Å². The van der Waals surface area contributed by atoms with Crippen LogP contribution in [-0.4, -0.2) is 40.6 Å². The molecule has 0 radical (unpaired) electrons. The van der Waals surface area contributed by atoms with Gasteiger partial charge in [-0.05, 0) is 31.0 Å². The maximum absolute atomic E-state index is 12.0. The highest BCUT2D eigenvalue weighted by Crippen LogP contribution is 2.36. The van der Waals surface area contributed by atoms with E-state index in [1.807, 2.05) is 13.0 Å². The molecule has 0 bridgehead atoms. The van der Waals surface area contributed by atoms with Crippen LogP contribution in [0.5, 0.6) is 5.75 Å². The monoisotopic (exact) mass is 390 g/mol. The lowest BCUT2D eigenvalue weighted by molar-refractivity contribution is 0.0985. The molecule has 2 aromatic rings. The number of carbonyl (C=O) groups is 1. The van der Waals surface area contributed by atoms with Crippen molar-refractivity contribution in [2.75, 3.05) is 30.4 Å². The first-order valence-corrected chi connectivity index (χ1v) is 9.29. The number of hydrogen-bond acceptors (Lipinski definition) is 7. The van der Waals surface area contributed by atoms with Gasteiger partial charge in [-0.15, -0.1) is 0 Å². The summed E-state index contributed by atoms with van der Waals surface area (Å²) in [6.07, 6.45) is 1.11. The van der Waals surface area contributed by atoms with Crippen LogP contribution in [0, 0.1) is 6.92 Å². The predicted octanol–water partition coefficient (Wildman–Crippen LogP) is 3.29. The largest absolute Gasteiger partial charge is 0.507 e. The summed E-state index contributed by atoms with van der Waals surface area (Å²) < 4.78 is 5.74. The van der Waals surface area contributed by atoms with Gasteiger partial charge in [-0.1, -0.05) is 18.5 Å². The number of aromatic hydroxyl groups is 1. The quantitative estimate of drug-likeness (QED) is 0.772. The highest BCUT2D eigenvalue weighted by Gasteiger charge is 2.28. The van der Waals surface area contributed by atoms with Crippen LogP contribution < -0.4 is 10.6 Å². The predicted molar refractivity (Wildman–Crippen MR) is 104 cm³/mol. The van der Waals surface area contributed by atoms with Crippen LogP contribution in [0.2, 0.25) is 5.02 Å². The van der Waals surface area contributed by atoms with Gasteiger partial charge in [-0.2, -0.15) is 4.98 Å². The molecule has 1 aliphatic rings. The molecule has 0 amide bonds. The fourth-order valence-corrected chi connectivity index (χ4v) is 3.57. The molecule has 2 heterocycles.